The van der Waals surface area contributed by atoms with E-state index in [2.05, 4.69) is 31.2 Å². The van der Waals surface area contributed by atoms with Crippen LogP contribution in [0.3, 0.4) is 0 Å². The summed E-state index contributed by atoms with van der Waals surface area (Å²) in [5.41, 5.74) is 0. The van der Waals surface area contributed by atoms with Crippen LogP contribution in [-0.4, -0.2) is 37.6 Å². The molecule has 0 spiro atoms. The van der Waals surface area contributed by atoms with Gasteiger partial charge in [-0.3, -0.25) is 0 Å². The Kier molecular flexibility index (Phi) is 9.54. The van der Waals surface area contributed by atoms with Gasteiger partial charge in [-0.15, -0.1) is 0 Å². The van der Waals surface area contributed by atoms with E-state index in [1.165, 1.54) is 77.2 Å². The van der Waals surface area contributed by atoms with Gasteiger partial charge in [0.2, 0.25) is 0 Å². The zero-order valence-electron chi connectivity index (χ0n) is 13.6. The van der Waals surface area contributed by atoms with E-state index < -0.39 is 0 Å². The lowest BCUT2D eigenvalue weighted by Gasteiger charge is -2.35. The van der Waals surface area contributed by atoms with Gasteiger partial charge in [0.25, 0.3) is 0 Å². The normalized spacial score (nSPS) is 27.8. The van der Waals surface area contributed by atoms with Crippen LogP contribution < -0.4 is 5.32 Å². The summed E-state index contributed by atoms with van der Waals surface area (Å²) in [5.74, 6) is 0. The van der Waals surface area contributed by atoms with E-state index in [1.807, 2.05) is 0 Å². The van der Waals surface area contributed by atoms with Gasteiger partial charge >= 0.3 is 0 Å². The molecule has 0 aromatic heterocycles. The Balaban J connectivity index is 2.55. The smallest absolute Gasteiger partial charge is 0.0246 e. The molecule has 1 saturated carbocycles. The molecule has 1 aliphatic carbocycles. The SMILES string of the molecule is CCCN(C)C1CCCCCCCCCCC1NC. The van der Waals surface area contributed by atoms with Gasteiger partial charge in [0.1, 0.15) is 0 Å². The van der Waals surface area contributed by atoms with Crippen LogP contribution in [0.15, 0.2) is 0 Å². The lowest BCUT2D eigenvalue weighted by atomic mass is 9.93. The third kappa shape index (κ3) is 6.76. The molecule has 1 N–H and O–H groups in total. The first kappa shape index (κ1) is 17.0. The van der Waals surface area contributed by atoms with Gasteiger partial charge in [0.05, 0.1) is 0 Å². The van der Waals surface area contributed by atoms with Crippen LogP contribution in [0.4, 0.5) is 0 Å². The molecule has 2 atom stereocenters. The summed E-state index contributed by atoms with van der Waals surface area (Å²) in [7, 11) is 4.48. The van der Waals surface area contributed by atoms with E-state index in [-0.39, 0.29) is 0 Å². The van der Waals surface area contributed by atoms with Gasteiger partial charge in [-0.05, 0) is 39.9 Å². The van der Waals surface area contributed by atoms with Gasteiger partial charge in [0.15, 0.2) is 0 Å². The Bertz CT molecular complexity index is 205. The molecule has 2 nitrogen and oxygen atoms in total. The lowest BCUT2D eigenvalue weighted by Crippen LogP contribution is -2.47. The van der Waals surface area contributed by atoms with Gasteiger partial charge < -0.3 is 10.2 Å². The van der Waals surface area contributed by atoms with Crippen molar-refractivity contribution in [2.24, 2.45) is 0 Å². The lowest BCUT2D eigenvalue weighted by molar-refractivity contribution is 0.173. The van der Waals surface area contributed by atoms with Crippen molar-refractivity contribution >= 4 is 0 Å². The maximum Gasteiger partial charge on any atom is 0.0246 e. The van der Waals surface area contributed by atoms with Crippen LogP contribution in [0.25, 0.3) is 0 Å². The van der Waals surface area contributed by atoms with Crippen LogP contribution in [-0.2, 0) is 0 Å². The minimum Gasteiger partial charge on any atom is -0.315 e. The molecule has 0 saturated heterocycles. The molecular weight excluding hydrogens is 232 g/mol. The van der Waals surface area contributed by atoms with Crippen molar-refractivity contribution in [1.29, 1.82) is 0 Å². The monoisotopic (exact) mass is 268 g/mol. The Labute approximate surface area is 121 Å². The molecule has 0 bridgehead atoms. The van der Waals surface area contributed by atoms with E-state index in [0.29, 0.717) is 6.04 Å². The van der Waals surface area contributed by atoms with Crippen LogP contribution in [0, 0.1) is 0 Å². The van der Waals surface area contributed by atoms with Gasteiger partial charge in [-0.2, -0.15) is 0 Å². The molecule has 19 heavy (non-hydrogen) atoms. The molecule has 0 aliphatic heterocycles. The molecule has 114 valence electrons. The number of hydrogen-bond donors (Lipinski definition) is 1. The van der Waals surface area contributed by atoms with Crippen molar-refractivity contribution in [3.63, 3.8) is 0 Å². The molecular formula is C17H36N2. The third-order valence-corrected chi connectivity index (χ3v) is 4.74. The van der Waals surface area contributed by atoms with E-state index in [0.717, 1.165) is 6.04 Å². The van der Waals surface area contributed by atoms with Crippen LogP contribution in [0.1, 0.15) is 77.6 Å². The summed E-state index contributed by atoms with van der Waals surface area (Å²) < 4.78 is 0. The van der Waals surface area contributed by atoms with Crippen LogP contribution in [0.5, 0.6) is 0 Å². The van der Waals surface area contributed by atoms with Crippen molar-refractivity contribution in [1.82, 2.24) is 10.2 Å². The Morgan fingerprint density at radius 1 is 0.895 bits per heavy atom. The van der Waals surface area contributed by atoms with Crippen LogP contribution >= 0.6 is 0 Å². The summed E-state index contributed by atoms with van der Waals surface area (Å²) in [6, 6.07) is 1.43. The summed E-state index contributed by atoms with van der Waals surface area (Å²) in [6.45, 7) is 3.53. The van der Waals surface area contributed by atoms with E-state index in [1.54, 1.807) is 0 Å². The highest BCUT2D eigenvalue weighted by atomic mass is 15.2. The predicted molar refractivity (Wildman–Crippen MR) is 85.7 cm³/mol. The summed E-state index contributed by atoms with van der Waals surface area (Å²) >= 11 is 0. The molecule has 2 unspecified atom stereocenters. The summed E-state index contributed by atoms with van der Waals surface area (Å²) in [5, 5.41) is 3.60. The largest absolute Gasteiger partial charge is 0.315 e. The predicted octanol–water partition coefficient (Wildman–Crippen LogP) is 4.20. The van der Waals surface area contributed by atoms with E-state index in [4.69, 9.17) is 0 Å². The van der Waals surface area contributed by atoms with Crippen molar-refractivity contribution in [3.8, 4) is 0 Å². The third-order valence-electron chi connectivity index (χ3n) is 4.74. The van der Waals surface area contributed by atoms with Crippen LogP contribution in [0.2, 0.25) is 0 Å². The molecule has 0 radical (unpaired) electrons. The summed E-state index contributed by atoms with van der Waals surface area (Å²) in [6.07, 6.45) is 15.5. The highest BCUT2D eigenvalue weighted by Gasteiger charge is 2.23. The molecule has 0 heterocycles. The Morgan fingerprint density at radius 3 is 1.95 bits per heavy atom. The van der Waals surface area contributed by atoms with Crippen molar-refractivity contribution < 1.29 is 0 Å². The fourth-order valence-electron chi connectivity index (χ4n) is 3.55. The fraction of sp³-hybridized carbons (Fsp3) is 1.00. The van der Waals surface area contributed by atoms with Gasteiger partial charge in [-0.25, -0.2) is 0 Å². The molecule has 1 fully saturated rings. The number of hydrogen-bond acceptors (Lipinski definition) is 2. The molecule has 1 aliphatic rings. The zero-order chi connectivity index (χ0) is 13.9. The maximum atomic E-state index is 3.60. The number of nitrogens with zero attached hydrogens (tertiary/aromatic N) is 1. The molecule has 2 heteroatoms. The Hall–Kier alpha value is -0.0800. The average Bonchev–Trinajstić information content (AvgIpc) is 2.39. The first-order valence-corrected chi connectivity index (χ1v) is 8.67. The second kappa shape index (κ2) is 10.7. The molecule has 0 aromatic rings. The fourth-order valence-corrected chi connectivity index (χ4v) is 3.55. The topological polar surface area (TPSA) is 15.3 Å². The highest BCUT2D eigenvalue weighted by Crippen LogP contribution is 2.20. The summed E-state index contributed by atoms with van der Waals surface area (Å²) in [4.78, 5) is 2.60. The highest BCUT2D eigenvalue weighted by molar-refractivity contribution is 4.82. The second-order valence-electron chi connectivity index (χ2n) is 6.35. The van der Waals surface area contributed by atoms with Gasteiger partial charge in [-0.1, -0.05) is 58.3 Å². The minimum atomic E-state index is 0.691. The zero-order valence-corrected chi connectivity index (χ0v) is 13.6. The van der Waals surface area contributed by atoms with Crippen molar-refractivity contribution in [2.45, 2.75) is 89.6 Å². The number of rotatable bonds is 4. The van der Waals surface area contributed by atoms with Crippen molar-refractivity contribution in [2.75, 3.05) is 20.6 Å². The molecule has 0 amide bonds. The maximum absolute atomic E-state index is 3.60. The van der Waals surface area contributed by atoms with Gasteiger partial charge in [0, 0.05) is 12.1 Å². The minimum absolute atomic E-state index is 0.691. The quantitative estimate of drug-likeness (QED) is 0.822. The number of nitrogens with one attached hydrogen (secondary N) is 1. The second-order valence-corrected chi connectivity index (χ2v) is 6.35. The number of likely N-dealkylation sites (N-methyl/N-ethyl adjacent to an activating group) is 2. The first-order chi connectivity index (χ1) is 9.29. The van der Waals surface area contributed by atoms with Crippen molar-refractivity contribution in [3.05, 3.63) is 0 Å². The molecule has 0 aromatic carbocycles. The van der Waals surface area contributed by atoms with E-state index in [9.17, 15) is 0 Å². The standard InChI is InChI=1S/C17H36N2/c1-4-15-19(3)17-14-12-10-8-6-5-7-9-11-13-16(17)18-2/h16-18H,4-15H2,1-3H3. The molecule has 1 rings (SSSR count). The van der Waals surface area contributed by atoms with E-state index >= 15 is 0 Å². The average molecular weight is 268 g/mol. The Morgan fingerprint density at radius 2 is 1.42 bits per heavy atom. The first-order valence-electron chi connectivity index (χ1n) is 8.67.